The van der Waals surface area contributed by atoms with E-state index in [9.17, 15) is 0 Å². The molecule has 3 nitrogen and oxygen atoms in total. The van der Waals surface area contributed by atoms with Crippen LogP contribution >= 0.6 is 0 Å². The molecule has 2 aromatic rings. The van der Waals surface area contributed by atoms with Crippen LogP contribution in [-0.2, 0) is 0 Å². The van der Waals surface area contributed by atoms with E-state index in [2.05, 4.69) is 24.0 Å². The zero-order valence-electron chi connectivity index (χ0n) is 12.2. The molecule has 1 unspecified atom stereocenters. The van der Waals surface area contributed by atoms with Crippen molar-refractivity contribution in [3.63, 3.8) is 0 Å². The number of aromatic nitrogens is 3. The topological polar surface area (TPSA) is 30.7 Å². The summed E-state index contributed by atoms with van der Waals surface area (Å²) in [5.41, 5.74) is 1.99. The Balaban J connectivity index is 1.78. The summed E-state index contributed by atoms with van der Waals surface area (Å²) >= 11 is 0. The van der Waals surface area contributed by atoms with Crippen LogP contribution in [0.2, 0.25) is 0 Å². The summed E-state index contributed by atoms with van der Waals surface area (Å²) < 4.78 is 0. The van der Waals surface area contributed by atoms with Gasteiger partial charge >= 0.3 is 0 Å². The van der Waals surface area contributed by atoms with Crippen LogP contribution in [0.15, 0.2) is 24.3 Å². The fraction of sp³-hybridized carbons (Fsp3) is 0.625. The van der Waals surface area contributed by atoms with Crippen molar-refractivity contribution < 1.29 is 0 Å². The number of fused-ring (bicyclic) bond motifs is 1. The maximum Gasteiger partial charge on any atom is 0.113 e. The van der Waals surface area contributed by atoms with Gasteiger partial charge in [-0.1, -0.05) is 57.6 Å². The van der Waals surface area contributed by atoms with Crippen LogP contribution < -0.4 is 0 Å². The van der Waals surface area contributed by atoms with Crippen LogP contribution in [0.5, 0.6) is 0 Å². The highest BCUT2D eigenvalue weighted by molar-refractivity contribution is 5.72. The van der Waals surface area contributed by atoms with E-state index in [0.717, 1.165) is 11.0 Å². The molecule has 104 valence electrons. The number of hydrogen-bond acceptors (Lipinski definition) is 2. The van der Waals surface area contributed by atoms with Gasteiger partial charge in [-0.2, -0.15) is 15.0 Å². The lowest BCUT2D eigenvalue weighted by molar-refractivity contribution is 0.395. The molecule has 0 bridgehead atoms. The van der Waals surface area contributed by atoms with Gasteiger partial charge in [0, 0.05) is 0 Å². The van der Waals surface area contributed by atoms with Crippen LogP contribution in [0.1, 0.15) is 64.8 Å². The van der Waals surface area contributed by atoms with Gasteiger partial charge in [0.2, 0.25) is 0 Å². The van der Waals surface area contributed by atoms with E-state index in [4.69, 9.17) is 0 Å². The monoisotopic (exact) mass is 259 g/mol. The molecule has 0 spiro atoms. The smallest absolute Gasteiger partial charge is 0.113 e. The second-order valence-electron chi connectivity index (χ2n) is 5.41. The van der Waals surface area contributed by atoms with E-state index in [1.165, 1.54) is 44.9 Å². The SMILES string of the molecule is CCCCCCCCC(C)n1nc2ccccc2n1. The molecule has 1 aromatic heterocycles. The minimum atomic E-state index is 0.401. The van der Waals surface area contributed by atoms with E-state index in [1.54, 1.807) is 0 Å². The maximum atomic E-state index is 4.55. The van der Waals surface area contributed by atoms with Crippen molar-refractivity contribution >= 4 is 11.0 Å². The highest BCUT2D eigenvalue weighted by atomic mass is 15.5. The Bertz CT molecular complexity index is 456. The molecule has 19 heavy (non-hydrogen) atoms. The van der Waals surface area contributed by atoms with Crippen molar-refractivity contribution in [3.05, 3.63) is 24.3 Å². The summed E-state index contributed by atoms with van der Waals surface area (Å²) in [5, 5.41) is 9.09. The highest BCUT2D eigenvalue weighted by Crippen LogP contribution is 2.17. The zero-order chi connectivity index (χ0) is 13.5. The zero-order valence-corrected chi connectivity index (χ0v) is 12.2. The molecule has 0 aliphatic carbocycles. The van der Waals surface area contributed by atoms with Gasteiger partial charge in [-0.3, -0.25) is 0 Å². The first-order chi connectivity index (χ1) is 9.31. The van der Waals surface area contributed by atoms with Gasteiger partial charge in [0.05, 0.1) is 6.04 Å². The molecule has 0 saturated carbocycles. The normalized spacial score (nSPS) is 12.9. The Morgan fingerprint density at radius 1 is 0.947 bits per heavy atom. The van der Waals surface area contributed by atoms with Crippen LogP contribution in [-0.4, -0.2) is 15.0 Å². The van der Waals surface area contributed by atoms with E-state index < -0.39 is 0 Å². The minimum absolute atomic E-state index is 0.401. The molecule has 0 fully saturated rings. The van der Waals surface area contributed by atoms with Gasteiger partial charge in [-0.25, -0.2) is 0 Å². The van der Waals surface area contributed by atoms with Crippen molar-refractivity contribution in [2.75, 3.05) is 0 Å². The Kier molecular flexibility index (Phi) is 5.37. The lowest BCUT2D eigenvalue weighted by atomic mass is 10.1. The Morgan fingerprint density at radius 3 is 2.16 bits per heavy atom. The Hall–Kier alpha value is -1.38. The third kappa shape index (κ3) is 4.05. The molecule has 1 atom stereocenters. The molecule has 1 heterocycles. The van der Waals surface area contributed by atoms with Gasteiger partial charge in [0.15, 0.2) is 0 Å². The van der Waals surface area contributed by atoms with Gasteiger partial charge in [-0.15, -0.1) is 0 Å². The van der Waals surface area contributed by atoms with Crippen molar-refractivity contribution in [3.8, 4) is 0 Å². The fourth-order valence-corrected chi connectivity index (χ4v) is 2.41. The molecule has 1 aromatic carbocycles. The fourth-order valence-electron chi connectivity index (χ4n) is 2.41. The number of nitrogens with zero attached hydrogens (tertiary/aromatic N) is 3. The lowest BCUT2D eigenvalue weighted by Crippen LogP contribution is -2.08. The summed E-state index contributed by atoms with van der Waals surface area (Å²) in [5.74, 6) is 0. The van der Waals surface area contributed by atoms with Crippen molar-refractivity contribution in [2.24, 2.45) is 0 Å². The maximum absolute atomic E-state index is 4.55. The molecular formula is C16H25N3. The van der Waals surface area contributed by atoms with Gasteiger partial charge in [0.25, 0.3) is 0 Å². The molecule has 3 heteroatoms. The lowest BCUT2D eigenvalue weighted by Gasteiger charge is -2.09. The molecule has 0 aliphatic rings. The van der Waals surface area contributed by atoms with E-state index in [0.29, 0.717) is 6.04 Å². The van der Waals surface area contributed by atoms with E-state index in [-0.39, 0.29) is 0 Å². The largest absolute Gasteiger partial charge is 0.181 e. The Labute approximate surface area is 116 Å². The van der Waals surface area contributed by atoms with Crippen molar-refractivity contribution in [1.29, 1.82) is 0 Å². The summed E-state index contributed by atoms with van der Waals surface area (Å²) in [6, 6.07) is 8.48. The average molecular weight is 259 g/mol. The molecule has 0 saturated heterocycles. The summed E-state index contributed by atoms with van der Waals surface area (Å²) in [7, 11) is 0. The van der Waals surface area contributed by atoms with Gasteiger partial charge < -0.3 is 0 Å². The Morgan fingerprint density at radius 2 is 1.53 bits per heavy atom. The van der Waals surface area contributed by atoms with E-state index >= 15 is 0 Å². The first-order valence-electron chi connectivity index (χ1n) is 7.63. The van der Waals surface area contributed by atoms with Crippen LogP contribution in [0.3, 0.4) is 0 Å². The van der Waals surface area contributed by atoms with Gasteiger partial charge in [0.1, 0.15) is 11.0 Å². The molecule has 2 rings (SSSR count). The van der Waals surface area contributed by atoms with Crippen molar-refractivity contribution in [1.82, 2.24) is 15.0 Å². The molecule has 0 aliphatic heterocycles. The molecule has 0 N–H and O–H groups in total. The van der Waals surface area contributed by atoms with Crippen LogP contribution in [0.4, 0.5) is 0 Å². The molecular weight excluding hydrogens is 234 g/mol. The third-order valence-electron chi connectivity index (χ3n) is 3.67. The second-order valence-corrected chi connectivity index (χ2v) is 5.41. The standard InChI is InChI=1S/C16H25N3/c1-3-4-5-6-7-8-11-14(2)19-17-15-12-9-10-13-16(15)18-19/h9-10,12-14H,3-8,11H2,1-2H3. The number of benzene rings is 1. The third-order valence-corrected chi connectivity index (χ3v) is 3.67. The number of hydrogen-bond donors (Lipinski definition) is 0. The second kappa shape index (κ2) is 7.27. The number of unbranched alkanes of at least 4 members (excludes halogenated alkanes) is 5. The first-order valence-corrected chi connectivity index (χ1v) is 7.63. The van der Waals surface area contributed by atoms with Crippen LogP contribution in [0, 0.1) is 0 Å². The predicted molar refractivity (Wildman–Crippen MR) is 80.2 cm³/mol. The van der Waals surface area contributed by atoms with Crippen LogP contribution in [0.25, 0.3) is 11.0 Å². The average Bonchev–Trinajstić information content (AvgIpc) is 2.86. The highest BCUT2D eigenvalue weighted by Gasteiger charge is 2.08. The summed E-state index contributed by atoms with van der Waals surface area (Å²) in [6.45, 7) is 4.47. The summed E-state index contributed by atoms with van der Waals surface area (Å²) in [6.07, 6.45) is 9.24. The van der Waals surface area contributed by atoms with E-state index in [1.807, 2.05) is 29.1 Å². The van der Waals surface area contributed by atoms with Crippen molar-refractivity contribution in [2.45, 2.75) is 64.8 Å². The van der Waals surface area contributed by atoms with Gasteiger partial charge in [-0.05, 0) is 25.5 Å². The first kappa shape index (κ1) is 14.0. The summed E-state index contributed by atoms with van der Waals surface area (Å²) in [4.78, 5) is 1.89. The molecule has 0 amide bonds. The predicted octanol–water partition coefficient (Wildman–Crippen LogP) is 4.74. The quantitative estimate of drug-likeness (QED) is 0.641. The molecule has 0 radical (unpaired) electrons. The number of rotatable bonds is 8. The minimum Gasteiger partial charge on any atom is -0.181 e.